The van der Waals surface area contributed by atoms with Crippen LogP contribution in [0.15, 0.2) is 42.5 Å². The van der Waals surface area contributed by atoms with Gasteiger partial charge in [-0.15, -0.1) is 0 Å². The van der Waals surface area contributed by atoms with Crippen molar-refractivity contribution in [3.8, 4) is 17.6 Å². The van der Waals surface area contributed by atoms with E-state index in [-0.39, 0.29) is 24.5 Å². The van der Waals surface area contributed by atoms with Gasteiger partial charge in [-0.2, -0.15) is 5.26 Å². The molecule has 0 fully saturated rings. The van der Waals surface area contributed by atoms with Crippen LogP contribution >= 0.6 is 0 Å². The van der Waals surface area contributed by atoms with E-state index in [4.69, 9.17) is 20.5 Å². The number of halogens is 1. The lowest BCUT2D eigenvalue weighted by Gasteiger charge is -2.09. The molecule has 2 rings (SSSR count). The second kappa shape index (κ2) is 6.43. The van der Waals surface area contributed by atoms with Gasteiger partial charge in [0.05, 0.1) is 11.6 Å². The molecule has 102 valence electrons. The second-order valence-electron chi connectivity index (χ2n) is 4.03. The molecule has 5 heteroatoms. The molecule has 0 aliphatic rings. The van der Waals surface area contributed by atoms with Crippen molar-refractivity contribution in [2.24, 2.45) is 0 Å². The molecule has 4 nitrogen and oxygen atoms in total. The smallest absolute Gasteiger partial charge is 0.166 e. The van der Waals surface area contributed by atoms with E-state index in [1.165, 1.54) is 12.1 Å². The summed E-state index contributed by atoms with van der Waals surface area (Å²) in [6, 6.07) is 12.9. The average Bonchev–Trinajstić information content (AvgIpc) is 2.45. The lowest BCUT2D eigenvalue weighted by Crippen LogP contribution is -2.09. The number of hydrogen-bond donors (Lipinski definition) is 1. The Morgan fingerprint density at radius 3 is 2.60 bits per heavy atom. The maximum Gasteiger partial charge on any atom is 0.166 e. The third-order valence-corrected chi connectivity index (χ3v) is 2.53. The fourth-order valence-corrected chi connectivity index (χ4v) is 1.60. The SMILES string of the molecule is N#Cc1ccc(OCCOc2cccc(N)c2)c(F)c1. The van der Waals surface area contributed by atoms with Crippen LogP contribution in [0, 0.1) is 17.1 Å². The van der Waals surface area contributed by atoms with Gasteiger partial charge in [0.25, 0.3) is 0 Å². The van der Waals surface area contributed by atoms with E-state index in [1.54, 1.807) is 24.3 Å². The van der Waals surface area contributed by atoms with E-state index < -0.39 is 5.82 Å². The van der Waals surface area contributed by atoms with E-state index in [1.807, 2.05) is 6.07 Å². The zero-order chi connectivity index (χ0) is 14.4. The highest BCUT2D eigenvalue weighted by atomic mass is 19.1. The highest BCUT2D eigenvalue weighted by molar-refractivity contribution is 5.43. The average molecular weight is 272 g/mol. The molecule has 20 heavy (non-hydrogen) atoms. The van der Waals surface area contributed by atoms with Crippen LogP contribution in [-0.4, -0.2) is 13.2 Å². The van der Waals surface area contributed by atoms with Crippen LogP contribution in [0.5, 0.6) is 11.5 Å². The summed E-state index contributed by atoms with van der Waals surface area (Å²) in [5.41, 5.74) is 6.48. The van der Waals surface area contributed by atoms with Crippen molar-refractivity contribution in [3.63, 3.8) is 0 Å². The number of benzene rings is 2. The first-order chi connectivity index (χ1) is 9.69. The molecule has 0 spiro atoms. The largest absolute Gasteiger partial charge is 0.490 e. The predicted octanol–water partition coefficient (Wildman–Crippen LogP) is 2.74. The number of hydrogen-bond acceptors (Lipinski definition) is 4. The topological polar surface area (TPSA) is 68.3 Å². The zero-order valence-corrected chi connectivity index (χ0v) is 10.7. The van der Waals surface area contributed by atoms with Crippen molar-refractivity contribution in [1.29, 1.82) is 5.26 Å². The first-order valence-corrected chi connectivity index (χ1v) is 6.00. The number of nitrogens with zero attached hydrogens (tertiary/aromatic N) is 1. The molecule has 0 unspecified atom stereocenters. The van der Waals surface area contributed by atoms with E-state index in [2.05, 4.69) is 0 Å². The molecule has 0 heterocycles. The number of anilines is 1. The summed E-state index contributed by atoms with van der Waals surface area (Å²) < 4.78 is 24.2. The minimum absolute atomic E-state index is 0.0974. The number of nitriles is 1. The summed E-state index contributed by atoms with van der Waals surface area (Å²) in [5, 5.41) is 8.63. The van der Waals surface area contributed by atoms with E-state index >= 15 is 0 Å². The fraction of sp³-hybridized carbons (Fsp3) is 0.133. The van der Waals surface area contributed by atoms with Gasteiger partial charge < -0.3 is 15.2 Å². The first-order valence-electron chi connectivity index (χ1n) is 6.00. The second-order valence-corrected chi connectivity index (χ2v) is 4.03. The molecular weight excluding hydrogens is 259 g/mol. The standard InChI is InChI=1S/C15H13FN2O2/c16-14-8-11(10-17)4-5-15(14)20-7-6-19-13-3-1-2-12(18)9-13/h1-5,8-9H,6-7,18H2. The summed E-state index contributed by atoms with van der Waals surface area (Å²) in [7, 11) is 0. The van der Waals surface area contributed by atoms with Crippen LogP contribution in [0.2, 0.25) is 0 Å². The lowest BCUT2D eigenvalue weighted by atomic mass is 10.2. The summed E-state index contributed by atoms with van der Waals surface area (Å²) in [5.74, 6) is 0.169. The van der Waals surface area contributed by atoms with Crippen LogP contribution in [0.4, 0.5) is 10.1 Å². The molecule has 0 bridgehead atoms. The highest BCUT2D eigenvalue weighted by Gasteiger charge is 2.04. The van der Waals surface area contributed by atoms with Gasteiger partial charge >= 0.3 is 0 Å². The first kappa shape index (κ1) is 13.7. The minimum Gasteiger partial charge on any atom is -0.490 e. The minimum atomic E-state index is -0.562. The maximum absolute atomic E-state index is 13.5. The molecule has 2 aromatic carbocycles. The Bertz CT molecular complexity index is 638. The molecule has 0 aromatic heterocycles. The Labute approximate surface area is 116 Å². The molecule has 0 amide bonds. The number of nitrogen functional groups attached to an aromatic ring is 1. The number of nitrogens with two attached hydrogens (primary N) is 1. The quantitative estimate of drug-likeness (QED) is 0.671. The van der Waals surface area contributed by atoms with Crippen molar-refractivity contribution < 1.29 is 13.9 Å². The number of rotatable bonds is 5. The summed E-state index contributed by atoms with van der Waals surface area (Å²) >= 11 is 0. The van der Waals surface area contributed by atoms with Gasteiger partial charge in [0.2, 0.25) is 0 Å². The Morgan fingerprint density at radius 1 is 1.10 bits per heavy atom. The van der Waals surface area contributed by atoms with Gasteiger partial charge in [-0.1, -0.05) is 6.07 Å². The fourth-order valence-electron chi connectivity index (χ4n) is 1.60. The van der Waals surface area contributed by atoms with Crippen molar-refractivity contribution in [2.75, 3.05) is 18.9 Å². The third kappa shape index (κ3) is 3.62. The number of ether oxygens (including phenoxy) is 2. The zero-order valence-electron chi connectivity index (χ0n) is 10.7. The molecule has 0 aliphatic heterocycles. The van der Waals surface area contributed by atoms with Crippen LogP contribution in [0.1, 0.15) is 5.56 Å². The summed E-state index contributed by atoms with van der Waals surface area (Å²) in [4.78, 5) is 0. The molecule has 0 aliphatic carbocycles. The van der Waals surface area contributed by atoms with Crippen LogP contribution < -0.4 is 15.2 Å². The van der Waals surface area contributed by atoms with Gasteiger partial charge in [0, 0.05) is 11.8 Å². The normalized spacial score (nSPS) is 9.80. The lowest BCUT2D eigenvalue weighted by molar-refractivity contribution is 0.211. The molecule has 2 N–H and O–H groups in total. The summed E-state index contributed by atoms with van der Waals surface area (Å²) in [6.45, 7) is 0.459. The Hall–Kier alpha value is -2.74. The van der Waals surface area contributed by atoms with Crippen LogP contribution in [-0.2, 0) is 0 Å². The molecule has 2 aromatic rings. The predicted molar refractivity (Wildman–Crippen MR) is 73.0 cm³/mol. The van der Waals surface area contributed by atoms with Crippen molar-refractivity contribution in [1.82, 2.24) is 0 Å². The van der Waals surface area contributed by atoms with Crippen LogP contribution in [0.25, 0.3) is 0 Å². The van der Waals surface area contributed by atoms with Crippen LogP contribution in [0.3, 0.4) is 0 Å². The van der Waals surface area contributed by atoms with Gasteiger partial charge in [-0.05, 0) is 30.3 Å². The third-order valence-electron chi connectivity index (χ3n) is 2.53. The van der Waals surface area contributed by atoms with Crippen molar-refractivity contribution in [2.45, 2.75) is 0 Å². The van der Waals surface area contributed by atoms with Gasteiger partial charge in [-0.25, -0.2) is 4.39 Å². The van der Waals surface area contributed by atoms with Crippen molar-refractivity contribution >= 4 is 5.69 Å². The summed E-state index contributed by atoms with van der Waals surface area (Å²) in [6.07, 6.45) is 0. The van der Waals surface area contributed by atoms with E-state index in [0.29, 0.717) is 11.4 Å². The molecular formula is C15H13FN2O2. The van der Waals surface area contributed by atoms with E-state index in [0.717, 1.165) is 6.07 Å². The molecule has 0 saturated heterocycles. The van der Waals surface area contributed by atoms with Gasteiger partial charge in [-0.3, -0.25) is 0 Å². The Morgan fingerprint density at radius 2 is 1.90 bits per heavy atom. The monoisotopic (exact) mass is 272 g/mol. The molecule has 0 atom stereocenters. The Kier molecular flexibility index (Phi) is 4.40. The van der Waals surface area contributed by atoms with Crippen molar-refractivity contribution in [3.05, 3.63) is 53.8 Å². The maximum atomic E-state index is 13.5. The van der Waals surface area contributed by atoms with E-state index in [9.17, 15) is 4.39 Å². The van der Waals surface area contributed by atoms with Gasteiger partial charge in [0.1, 0.15) is 19.0 Å². The molecule has 0 saturated carbocycles. The Balaban J connectivity index is 1.83. The highest BCUT2D eigenvalue weighted by Crippen LogP contribution is 2.18. The molecule has 0 radical (unpaired) electrons. The van der Waals surface area contributed by atoms with Gasteiger partial charge in [0.15, 0.2) is 11.6 Å².